The maximum absolute atomic E-state index is 13.2. The molecule has 0 saturated carbocycles. The van der Waals surface area contributed by atoms with Gasteiger partial charge in [-0.1, -0.05) is 6.07 Å². The molecule has 1 aliphatic rings. The van der Waals surface area contributed by atoms with Crippen LogP contribution >= 0.6 is 0 Å². The van der Waals surface area contributed by atoms with Crippen molar-refractivity contribution in [3.8, 4) is 11.5 Å². The summed E-state index contributed by atoms with van der Waals surface area (Å²) in [4.78, 5) is 19.2. The molecule has 1 atom stereocenters. The number of rotatable bonds is 4. The van der Waals surface area contributed by atoms with E-state index in [1.165, 1.54) is 17.8 Å². The van der Waals surface area contributed by atoms with Gasteiger partial charge in [0.2, 0.25) is 5.89 Å². The molecule has 29 heavy (non-hydrogen) atoms. The molecule has 0 amide bonds. The fourth-order valence-electron chi connectivity index (χ4n) is 3.88. The molecule has 3 aromatic heterocycles. The highest BCUT2D eigenvalue weighted by Gasteiger charge is 2.32. The monoisotopic (exact) mass is 389 g/mol. The van der Waals surface area contributed by atoms with Crippen LogP contribution < -0.4 is 0 Å². The molecule has 0 saturated heterocycles. The number of H-pyrrole nitrogens is 1. The lowest BCUT2D eigenvalue weighted by molar-refractivity contribution is 0.197. The number of oxazole rings is 1. The number of benzene rings is 1. The van der Waals surface area contributed by atoms with Crippen LogP contribution in [0.15, 0.2) is 59.5 Å². The standard InChI is InChI=1S/C22H20FN5O/c1-14-19(27-22(29-14)15-4-6-17(23)7-5-15)12-28-10-8-18-20(26-13-25-18)21(28)16-3-2-9-24-11-16/h2-7,9,11,13,21H,8,10,12H2,1H3,(H,25,26)/t21-/m0/s1. The molecule has 4 aromatic rings. The lowest BCUT2D eigenvalue weighted by atomic mass is 9.96. The van der Waals surface area contributed by atoms with Crippen LogP contribution in [0, 0.1) is 12.7 Å². The molecule has 4 heterocycles. The maximum atomic E-state index is 13.2. The van der Waals surface area contributed by atoms with E-state index in [0.717, 1.165) is 41.2 Å². The molecule has 0 aliphatic carbocycles. The van der Waals surface area contributed by atoms with Crippen molar-refractivity contribution in [1.29, 1.82) is 0 Å². The molecule has 0 radical (unpaired) electrons. The van der Waals surface area contributed by atoms with Gasteiger partial charge in [0.15, 0.2) is 0 Å². The Labute approximate surface area is 167 Å². The number of aromatic amines is 1. The zero-order valence-corrected chi connectivity index (χ0v) is 16.0. The molecule has 6 nitrogen and oxygen atoms in total. The van der Waals surface area contributed by atoms with Crippen molar-refractivity contribution in [3.05, 3.63) is 89.3 Å². The highest BCUT2D eigenvalue weighted by atomic mass is 19.1. The Morgan fingerprint density at radius 2 is 2.10 bits per heavy atom. The lowest BCUT2D eigenvalue weighted by Gasteiger charge is -2.34. The van der Waals surface area contributed by atoms with Crippen molar-refractivity contribution in [2.75, 3.05) is 6.54 Å². The summed E-state index contributed by atoms with van der Waals surface area (Å²) in [6.07, 6.45) is 6.32. The van der Waals surface area contributed by atoms with Gasteiger partial charge in [0.25, 0.3) is 0 Å². The van der Waals surface area contributed by atoms with Crippen molar-refractivity contribution in [2.24, 2.45) is 0 Å². The van der Waals surface area contributed by atoms with Crippen molar-refractivity contribution < 1.29 is 8.81 Å². The van der Waals surface area contributed by atoms with Gasteiger partial charge in [0.05, 0.1) is 23.8 Å². The van der Waals surface area contributed by atoms with Gasteiger partial charge < -0.3 is 9.40 Å². The summed E-state index contributed by atoms with van der Waals surface area (Å²) in [5, 5.41) is 0. The van der Waals surface area contributed by atoms with Gasteiger partial charge in [0, 0.05) is 43.2 Å². The summed E-state index contributed by atoms with van der Waals surface area (Å²) < 4.78 is 19.1. The Balaban J connectivity index is 1.47. The van der Waals surface area contributed by atoms with Crippen LogP contribution in [0.1, 0.15) is 34.4 Å². The summed E-state index contributed by atoms with van der Waals surface area (Å²) in [5.74, 6) is 0.995. The number of nitrogens with zero attached hydrogens (tertiary/aromatic N) is 4. The largest absolute Gasteiger partial charge is 0.441 e. The maximum Gasteiger partial charge on any atom is 0.226 e. The van der Waals surface area contributed by atoms with Crippen LogP contribution in [0.5, 0.6) is 0 Å². The smallest absolute Gasteiger partial charge is 0.226 e. The molecule has 1 aromatic carbocycles. The minimum Gasteiger partial charge on any atom is -0.441 e. The third kappa shape index (κ3) is 3.34. The van der Waals surface area contributed by atoms with Gasteiger partial charge in [0.1, 0.15) is 11.6 Å². The van der Waals surface area contributed by atoms with E-state index in [0.29, 0.717) is 12.4 Å². The zero-order chi connectivity index (χ0) is 19.8. The number of halogens is 1. The number of nitrogens with one attached hydrogen (secondary N) is 1. The van der Waals surface area contributed by atoms with E-state index < -0.39 is 0 Å². The van der Waals surface area contributed by atoms with Crippen LogP contribution in [0.25, 0.3) is 11.5 Å². The van der Waals surface area contributed by atoms with Crippen molar-refractivity contribution in [3.63, 3.8) is 0 Å². The number of fused-ring (bicyclic) bond motifs is 1. The van der Waals surface area contributed by atoms with Crippen LogP contribution in [0.4, 0.5) is 4.39 Å². The predicted molar refractivity (Wildman–Crippen MR) is 105 cm³/mol. The Hall–Kier alpha value is -3.32. The lowest BCUT2D eigenvalue weighted by Crippen LogP contribution is -2.36. The summed E-state index contributed by atoms with van der Waals surface area (Å²) in [7, 11) is 0. The van der Waals surface area contributed by atoms with E-state index in [2.05, 4.69) is 25.9 Å². The second kappa shape index (κ2) is 7.25. The highest BCUT2D eigenvalue weighted by Crippen LogP contribution is 2.34. The van der Waals surface area contributed by atoms with Crippen LogP contribution in [0.2, 0.25) is 0 Å². The van der Waals surface area contributed by atoms with Gasteiger partial charge >= 0.3 is 0 Å². The number of imidazole rings is 1. The Bertz CT molecular complexity index is 1120. The van der Waals surface area contributed by atoms with E-state index in [1.807, 2.05) is 19.2 Å². The van der Waals surface area contributed by atoms with E-state index in [4.69, 9.17) is 9.40 Å². The minimum absolute atomic E-state index is 0.00377. The van der Waals surface area contributed by atoms with Gasteiger partial charge in [-0.15, -0.1) is 0 Å². The summed E-state index contributed by atoms with van der Waals surface area (Å²) in [5.41, 5.74) is 4.93. The van der Waals surface area contributed by atoms with Gasteiger partial charge in [-0.05, 0) is 42.8 Å². The van der Waals surface area contributed by atoms with E-state index in [1.54, 1.807) is 24.7 Å². The number of hydrogen-bond acceptors (Lipinski definition) is 5. The molecule has 0 spiro atoms. The van der Waals surface area contributed by atoms with Crippen molar-refractivity contribution in [1.82, 2.24) is 24.8 Å². The molecule has 0 unspecified atom stereocenters. The van der Waals surface area contributed by atoms with E-state index in [-0.39, 0.29) is 11.9 Å². The van der Waals surface area contributed by atoms with Crippen LogP contribution in [-0.4, -0.2) is 31.4 Å². The topological polar surface area (TPSA) is 70.8 Å². The molecule has 0 fully saturated rings. The predicted octanol–water partition coefficient (Wildman–Crippen LogP) is 4.05. The zero-order valence-electron chi connectivity index (χ0n) is 16.0. The second-order valence-electron chi connectivity index (χ2n) is 7.20. The van der Waals surface area contributed by atoms with Crippen LogP contribution in [0.3, 0.4) is 0 Å². The molecule has 1 aliphatic heterocycles. The number of aromatic nitrogens is 4. The molecule has 1 N–H and O–H groups in total. The molecule has 7 heteroatoms. The third-order valence-electron chi connectivity index (χ3n) is 5.36. The second-order valence-corrected chi connectivity index (χ2v) is 7.20. The fraction of sp³-hybridized carbons (Fsp3) is 0.227. The average Bonchev–Trinajstić information content (AvgIpc) is 3.36. The molecular weight excluding hydrogens is 369 g/mol. The average molecular weight is 389 g/mol. The van der Waals surface area contributed by atoms with Gasteiger partial charge in [-0.3, -0.25) is 9.88 Å². The first-order valence-electron chi connectivity index (χ1n) is 9.57. The van der Waals surface area contributed by atoms with E-state index in [9.17, 15) is 4.39 Å². The van der Waals surface area contributed by atoms with E-state index >= 15 is 0 Å². The fourth-order valence-corrected chi connectivity index (χ4v) is 3.88. The first kappa shape index (κ1) is 17.8. The molecule has 0 bridgehead atoms. The van der Waals surface area contributed by atoms with Crippen molar-refractivity contribution >= 4 is 0 Å². The first-order chi connectivity index (χ1) is 14.2. The first-order valence-corrected chi connectivity index (χ1v) is 9.57. The summed E-state index contributed by atoms with van der Waals surface area (Å²) >= 11 is 0. The minimum atomic E-state index is -0.278. The van der Waals surface area contributed by atoms with Gasteiger partial charge in [-0.2, -0.15) is 0 Å². The number of hydrogen-bond donors (Lipinski definition) is 1. The molecule has 5 rings (SSSR count). The molecule has 146 valence electrons. The molecular formula is C22H20FN5O. The van der Waals surface area contributed by atoms with Gasteiger partial charge in [-0.25, -0.2) is 14.4 Å². The SMILES string of the molecule is Cc1oc(-c2ccc(F)cc2)nc1CN1CCc2[nH]cnc2[C@@H]1c1cccnc1. The number of aryl methyl sites for hydroxylation is 1. The summed E-state index contributed by atoms with van der Waals surface area (Å²) in [6.45, 7) is 3.41. The Morgan fingerprint density at radius 3 is 2.90 bits per heavy atom. The Kier molecular flexibility index (Phi) is 4.44. The normalized spacial score (nSPS) is 16.7. The quantitative estimate of drug-likeness (QED) is 0.570. The third-order valence-corrected chi connectivity index (χ3v) is 5.36. The van der Waals surface area contributed by atoms with Crippen LogP contribution in [-0.2, 0) is 13.0 Å². The van der Waals surface area contributed by atoms with Crippen molar-refractivity contribution in [2.45, 2.75) is 25.9 Å². The highest BCUT2D eigenvalue weighted by molar-refractivity contribution is 5.53. The number of pyridine rings is 1. The Morgan fingerprint density at radius 1 is 1.24 bits per heavy atom. The summed E-state index contributed by atoms with van der Waals surface area (Å²) in [6, 6.07) is 10.2.